The normalized spacial score (nSPS) is 17.3. The van der Waals surface area contributed by atoms with Gasteiger partial charge in [-0.1, -0.05) is 12.1 Å². The number of halogens is 1. The minimum atomic E-state index is -0.162. The van der Waals surface area contributed by atoms with E-state index in [4.69, 9.17) is 0 Å². The first kappa shape index (κ1) is 9.85. The van der Waals surface area contributed by atoms with Crippen molar-refractivity contribution < 1.29 is 4.39 Å². The standard InChI is InChI=1S/C13H15FN2/c14-12-5-3-4-11-10(8-15-13(11)12)9-16-6-1-2-7-16/h3-5,8,15H,1-2,6-7,9H2. The van der Waals surface area contributed by atoms with Crippen LogP contribution in [-0.2, 0) is 6.54 Å². The quantitative estimate of drug-likeness (QED) is 0.821. The third-order valence-electron chi connectivity index (χ3n) is 3.34. The number of rotatable bonds is 2. The highest BCUT2D eigenvalue weighted by Crippen LogP contribution is 2.23. The van der Waals surface area contributed by atoms with Gasteiger partial charge in [-0.3, -0.25) is 4.90 Å². The zero-order valence-corrected chi connectivity index (χ0v) is 9.17. The summed E-state index contributed by atoms with van der Waals surface area (Å²) in [5.74, 6) is -0.162. The average Bonchev–Trinajstić information content (AvgIpc) is 2.90. The summed E-state index contributed by atoms with van der Waals surface area (Å²) in [6, 6.07) is 5.26. The molecular weight excluding hydrogens is 203 g/mol. The van der Waals surface area contributed by atoms with Crippen LogP contribution >= 0.6 is 0 Å². The number of H-pyrrole nitrogens is 1. The van der Waals surface area contributed by atoms with Gasteiger partial charge in [-0.2, -0.15) is 0 Å². The molecule has 0 amide bonds. The topological polar surface area (TPSA) is 19.0 Å². The number of para-hydroxylation sites is 1. The minimum Gasteiger partial charge on any atom is -0.358 e. The lowest BCUT2D eigenvalue weighted by molar-refractivity contribution is 0.332. The van der Waals surface area contributed by atoms with Crippen LogP contribution in [0.5, 0.6) is 0 Å². The molecule has 84 valence electrons. The Hall–Kier alpha value is -1.35. The highest BCUT2D eigenvalue weighted by atomic mass is 19.1. The molecule has 1 aliphatic heterocycles. The van der Waals surface area contributed by atoms with Gasteiger partial charge in [0.05, 0.1) is 5.52 Å². The Labute approximate surface area is 94.1 Å². The second-order valence-electron chi connectivity index (χ2n) is 4.46. The van der Waals surface area contributed by atoms with E-state index in [9.17, 15) is 4.39 Å². The van der Waals surface area contributed by atoms with E-state index in [1.54, 1.807) is 6.07 Å². The van der Waals surface area contributed by atoms with Crippen molar-refractivity contribution in [2.75, 3.05) is 13.1 Å². The molecule has 0 atom stereocenters. The molecule has 3 rings (SSSR count). The third-order valence-corrected chi connectivity index (χ3v) is 3.34. The van der Waals surface area contributed by atoms with Crippen LogP contribution in [-0.4, -0.2) is 23.0 Å². The van der Waals surface area contributed by atoms with Crippen LogP contribution in [0.2, 0.25) is 0 Å². The van der Waals surface area contributed by atoms with Crippen LogP contribution in [0.4, 0.5) is 4.39 Å². The number of nitrogens with one attached hydrogen (secondary N) is 1. The summed E-state index contributed by atoms with van der Waals surface area (Å²) in [6.45, 7) is 3.27. The van der Waals surface area contributed by atoms with Crippen LogP contribution in [0.25, 0.3) is 10.9 Å². The molecule has 2 nitrogen and oxygen atoms in total. The number of aromatic amines is 1. The summed E-state index contributed by atoms with van der Waals surface area (Å²) in [7, 11) is 0. The van der Waals surface area contributed by atoms with Gasteiger partial charge in [0, 0.05) is 18.1 Å². The maximum atomic E-state index is 13.5. The lowest BCUT2D eigenvalue weighted by atomic mass is 10.1. The first-order chi connectivity index (χ1) is 7.84. The molecule has 0 bridgehead atoms. The zero-order chi connectivity index (χ0) is 11.0. The van der Waals surface area contributed by atoms with Gasteiger partial charge in [-0.15, -0.1) is 0 Å². The molecule has 1 saturated heterocycles. The van der Waals surface area contributed by atoms with Crippen molar-refractivity contribution in [2.45, 2.75) is 19.4 Å². The third kappa shape index (κ3) is 1.61. The summed E-state index contributed by atoms with van der Waals surface area (Å²) in [5, 5.41) is 1.02. The maximum absolute atomic E-state index is 13.5. The molecule has 3 heteroatoms. The van der Waals surface area contributed by atoms with Crippen molar-refractivity contribution in [1.29, 1.82) is 0 Å². The van der Waals surface area contributed by atoms with Crippen molar-refractivity contribution >= 4 is 10.9 Å². The SMILES string of the molecule is Fc1cccc2c(CN3CCCC3)c[nH]c12. The van der Waals surface area contributed by atoms with Crippen molar-refractivity contribution in [3.05, 3.63) is 35.8 Å². The number of aromatic nitrogens is 1. The van der Waals surface area contributed by atoms with Crippen molar-refractivity contribution in [2.24, 2.45) is 0 Å². The highest BCUT2D eigenvalue weighted by molar-refractivity contribution is 5.83. The van der Waals surface area contributed by atoms with Crippen LogP contribution < -0.4 is 0 Å². The van der Waals surface area contributed by atoms with E-state index < -0.39 is 0 Å². The Morgan fingerprint density at radius 1 is 1.25 bits per heavy atom. The fourth-order valence-electron chi connectivity index (χ4n) is 2.49. The molecule has 2 aromatic rings. The Morgan fingerprint density at radius 3 is 2.88 bits per heavy atom. The van der Waals surface area contributed by atoms with Gasteiger partial charge in [-0.25, -0.2) is 4.39 Å². The lowest BCUT2D eigenvalue weighted by Gasteiger charge is -2.13. The Morgan fingerprint density at radius 2 is 2.06 bits per heavy atom. The molecule has 0 radical (unpaired) electrons. The second-order valence-corrected chi connectivity index (χ2v) is 4.46. The molecule has 0 spiro atoms. The van der Waals surface area contributed by atoms with Gasteiger partial charge in [0.25, 0.3) is 0 Å². The molecular formula is C13H15FN2. The van der Waals surface area contributed by atoms with Gasteiger partial charge in [-0.05, 0) is 37.6 Å². The van der Waals surface area contributed by atoms with E-state index in [-0.39, 0.29) is 5.82 Å². The number of hydrogen-bond acceptors (Lipinski definition) is 1. The summed E-state index contributed by atoms with van der Waals surface area (Å²) < 4.78 is 13.5. The molecule has 2 heterocycles. The number of hydrogen-bond donors (Lipinski definition) is 1. The molecule has 1 aromatic heterocycles. The van der Waals surface area contributed by atoms with E-state index in [2.05, 4.69) is 9.88 Å². The number of benzene rings is 1. The molecule has 1 N–H and O–H groups in total. The van der Waals surface area contributed by atoms with E-state index >= 15 is 0 Å². The predicted molar refractivity (Wildman–Crippen MR) is 62.8 cm³/mol. The van der Waals surface area contributed by atoms with Crippen LogP contribution in [0.3, 0.4) is 0 Å². The van der Waals surface area contributed by atoms with Gasteiger partial charge in [0.2, 0.25) is 0 Å². The van der Waals surface area contributed by atoms with Crippen LogP contribution in [0.1, 0.15) is 18.4 Å². The monoisotopic (exact) mass is 218 g/mol. The van der Waals surface area contributed by atoms with E-state index in [0.29, 0.717) is 5.52 Å². The maximum Gasteiger partial charge on any atom is 0.147 e. The first-order valence-electron chi connectivity index (χ1n) is 5.81. The Balaban J connectivity index is 1.94. The van der Waals surface area contributed by atoms with E-state index in [0.717, 1.165) is 11.9 Å². The molecule has 1 aromatic carbocycles. The predicted octanol–water partition coefficient (Wildman–Crippen LogP) is 2.90. The van der Waals surface area contributed by atoms with Crippen molar-refractivity contribution in [1.82, 2.24) is 9.88 Å². The average molecular weight is 218 g/mol. The lowest BCUT2D eigenvalue weighted by Crippen LogP contribution is -2.17. The number of nitrogens with zero attached hydrogens (tertiary/aromatic N) is 1. The second kappa shape index (κ2) is 3.91. The first-order valence-corrected chi connectivity index (χ1v) is 5.81. The number of likely N-dealkylation sites (tertiary alicyclic amines) is 1. The van der Waals surface area contributed by atoms with E-state index in [1.807, 2.05) is 12.3 Å². The van der Waals surface area contributed by atoms with Gasteiger partial charge >= 0.3 is 0 Å². The molecule has 1 fully saturated rings. The fourth-order valence-corrected chi connectivity index (χ4v) is 2.49. The van der Waals surface area contributed by atoms with Gasteiger partial charge < -0.3 is 4.98 Å². The van der Waals surface area contributed by atoms with Crippen molar-refractivity contribution in [3.63, 3.8) is 0 Å². The Kier molecular flexibility index (Phi) is 2.40. The summed E-state index contributed by atoms with van der Waals surface area (Å²) in [6.07, 6.45) is 4.51. The summed E-state index contributed by atoms with van der Waals surface area (Å²) in [4.78, 5) is 5.45. The van der Waals surface area contributed by atoms with Gasteiger partial charge in [0.1, 0.15) is 5.82 Å². The molecule has 0 aliphatic carbocycles. The summed E-state index contributed by atoms with van der Waals surface area (Å²) >= 11 is 0. The van der Waals surface area contributed by atoms with Crippen LogP contribution in [0.15, 0.2) is 24.4 Å². The van der Waals surface area contributed by atoms with Gasteiger partial charge in [0.15, 0.2) is 0 Å². The summed E-state index contributed by atoms with van der Waals surface area (Å²) in [5.41, 5.74) is 1.84. The fraction of sp³-hybridized carbons (Fsp3) is 0.385. The molecule has 0 saturated carbocycles. The minimum absolute atomic E-state index is 0.162. The van der Waals surface area contributed by atoms with E-state index in [1.165, 1.54) is 37.6 Å². The highest BCUT2D eigenvalue weighted by Gasteiger charge is 2.14. The number of fused-ring (bicyclic) bond motifs is 1. The van der Waals surface area contributed by atoms with Crippen molar-refractivity contribution in [3.8, 4) is 0 Å². The largest absolute Gasteiger partial charge is 0.358 e. The molecule has 0 unspecified atom stereocenters. The zero-order valence-electron chi connectivity index (χ0n) is 9.17. The molecule has 1 aliphatic rings. The van der Waals surface area contributed by atoms with Crippen LogP contribution in [0, 0.1) is 5.82 Å². The Bertz CT molecular complexity index is 498. The smallest absolute Gasteiger partial charge is 0.147 e. The molecule has 16 heavy (non-hydrogen) atoms.